The van der Waals surface area contributed by atoms with Crippen LogP contribution in [0.3, 0.4) is 0 Å². The number of rotatable bonds is 11. The van der Waals surface area contributed by atoms with Crippen LogP contribution in [0.25, 0.3) is 11.1 Å². The van der Waals surface area contributed by atoms with Crippen LogP contribution in [0, 0.1) is 0 Å². The van der Waals surface area contributed by atoms with Gasteiger partial charge in [-0.05, 0) is 66.3 Å². The van der Waals surface area contributed by atoms with Gasteiger partial charge in [-0.1, -0.05) is 12.1 Å². The highest BCUT2D eigenvalue weighted by molar-refractivity contribution is 5.91. The van der Waals surface area contributed by atoms with Gasteiger partial charge in [0.2, 0.25) is 23.0 Å². The summed E-state index contributed by atoms with van der Waals surface area (Å²) in [6.07, 6.45) is 1.97. The van der Waals surface area contributed by atoms with Gasteiger partial charge in [0.25, 0.3) is 0 Å². The molecule has 4 rings (SSSR count). The minimum Gasteiger partial charge on any atom is -0.497 e. The Bertz CT molecular complexity index is 1520. The molecule has 42 heavy (non-hydrogen) atoms. The average Bonchev–Trinajstić information content (AvgIpc) is 3.22. The number of fused-ring (bicyclic) bond motifs is 3. The molecule has 1 aliphatic rings. The summed E-state index contributed by atoms with van der Waals surface area (Å²) in [6, 6.07) is 13.8. The normalized spacial score (nSPS) is 13.5. The van der Waals surface area contributed by atoms with Gasteiger partial charge in [-0.3, -0.25) is 14.4 Å². The van der Waals surface area contributed by atoms with Crippen molar-refractivity contribution in [3.8, 4) is 34.1 Å². The lowest BCUT2D eigenvalue weighted by Gasteiger charge is -2.19. The molecule has 10 heteroatoms. The highest BCUT2D eigenvalue weighted by Gasteiger charge is 2.29. The maximum atomic E-state index is 13.4. The molecule has 0 fully saturated rings. The van der Waals surface area contributed by atoms with Crippen molar-refractivity contribution in [2.75, 3.05) is 45.6 Å². The Labute approximate surface area is 245 Å². The Kier molecular flexibility index (Phi) is 9.90. The Morgan fingerprint density at radius 1 is 0.929 bits per heavy atom. The number of hydrogen-bond donors (Lipinski definition) is 3. The predicted molar refractivity (Wildman–Crippen MR) is 162 cm³/mol. The van der Waals surface area contributed by atoms with Crippen LogP contribution in [0.15, 0.2) is 53.3 Å². The fourth-order valence-corrected chi connectivity index (χ4v) is 5.25. The Morgan fingerprint density at radius 3 is 2.40 bits per heavy atom. The quantitative estimate of drug-likeness (QED) is 0.281. The molecule has 0 bridgehead atoms. The molecule has 10 nitrogen and oxygen atoms in total. The summed E-state index contributed by atoms with van der Waals surface area (Å²) in [5, 5.41) is 9.05. The average molecular weight is 576 g/mol. The summed E-state index contributed by atoms with van der Waals surface area (Å²) < 4.78 is 22.2. The molecule has 0 spiro atoms. The number of amides is 2. The van der Waals surface area contributed by atoms with Crippen LogP contribution in [-0.2, 0) is 16.0 Å². The van der Waals surface area contributed by atoms with E-state index in [0.29, 0.717) is 65.7 Å². The first-order valence-corrected chi connectivity index (χ1v) is 13.7. The van der Waals surface area contributed by atoms with Gasteiger partial charge in [0, 0.05) is 37.2 Å². The SMILES string of the molecule is COc1cccc(NC(=O)CCCNc2ccc3c(cc2=O)C(NC(C)=O)CCc2cc(OC)c(OC)c(OC)c2-3)c1. The van der Waals surface area contributed by atoms with Gasteiger partial charge in [-0.2, -0.15) is 0 Å². The first-order chi connectivity index (χ1) is 20.3. The summed E-state index contributed by atoms with van der Waals surface area (Å²) >= 11 is 0. The highest BCUT2D eigenvalue weighted by atomic mass is 16.5. The summed E-state index contributed by atoms with van der Waals surface area (Å²) in [5.74, 6) is 1.81. The lowest BCUT2D eigenvalue weighted by atomic mass is 9.95. The number of benzene rings is 2. The number of nitrogens with one attached hydrogen (secondary N) is 3. The molecule has 222 valence electrons. The fraction of sp³-hybridized carbons (Fsp3) is 0.344. The Morgan fingerprint density at radius 2 is 1.71 bits per heavy atom. The van der Waals surface area contributed by atoms with Crippen molar-refractivity contribution in [3.05, 3.63) is 69.9 Å². The van der Waals surface area contributed by atoms with Crippen LogP contribution in [0.4, 0.5) is 11.4 Å². The van der Waals surface area contributed by atoms with Gasteiger partial charge in [-0.15, -0.1) is 0 Å². The lowest BCUT2D eigenvalue weighted by Crippen LogP contribution is -2.26. The number of carbonyl (C=O) groups excluding carboxylic acids is 2. The molecular weight excluding hydrogens is 538 g/mol. The third kappa shape index (κ3) is 6.76. The highest BCUT2D eigenvalue weighted by Crippen LogP contribution is 2.50. The molecule has 3 N–H and O–H groups in total. The topological polar surface area (TPSA) is 124 Å². The molecule has 0 heterocycles. The van der Waals surface area contributed by atoms with Crippen LogP contribution >= 0.6 is 0 Å². The second kappa shape index (κ2) is 13.8. The standard InChI is InChI=1S/C32H37N3O7/c1-19(36)34-25-13-11-20-16-28(40-3)31(41-4)32(42-5)30(20)23-12-14-26(27(37)18-24(23)25)33-15-7-10-29(38)35-21-8-6-9-22(17-21)39-2/h6,8-9,12,14,16-18,25H,7,10-11,13,15H2,1-5H3,(H,33,37)(H,34,36)(H,35,38). The van der Waals surface area contributed by atoms with E-state index in [0.717, 1.165) is 16.7 Å². The second-order valence-electron chi connectivity index (χ2n) is 9.91. The largest absolute Gasteiger partial charge is 0.497 e. The Balaban J connectivity index is 1.61. The van der Waals surface area contributed by atoms with Gasteiger partial charge in [-0.25, -0.2) is 0 Å². The number of carbonyl (C=O) groups is 2. The van der Waals surface area contributed by atoms with Crippen LogP contribution in [-0.4, -0.2) is 46.8 Å². The third-order valence-electron chi connectivity index (χ3n) is 7.17. The smallest absolute Gasteiger partial charge is 0.224 e. The molecule has 0 aliphatic heterocycles. The second-order valence-corrected chi connectivity index (χ2v) is 9.91. The van der Waals surface area contributed by atoms with Gasteiger partial charge < -0.3 is 34.9 Å². The molecule has 0 radical (unpaired) electrons. The molecule has 2 amide bonds. The van der Waals surface area contributed by atoms with E-state index in [1.165, 1.54) is 6.92 Å². The number of ether oxygens (including phenoxy) is 4. The van der Waals surface area contributed by atoms with Crippen molar-refractivity contribution in [2.24, 2.45) is 0 Å². The van der Waals surface area contributed by atoms with Gasteiger partial charge in [0.05, 0.1) is 40.2 Å². The van der Waals surface area contributed by atoms with E-state index in [9.17, 15) is 14.4 Å². The number of hydrogen-bond acceptors (Lipinski definition) is 8. The van der Waals surface area contributed by atoms with Gasteiger partial charge in [0.1, 0.15) is 5.75 Å². The first kappa shape index (κ1) is 30.2. The molecular formula is C32H37N3O7. The molecule has 0 saturated heterocycles. The summed E-state index contributed by atoms with van der Waals surface area (Å²) in [4.78, 5) is 38.0. The van der Waals surface area contributed by atoms with Crippen LogP contribution in [0.1, 0.15) is 43.4 Å². The zero-order valence-corrected chi connectivity index (χ0v) is 24.6. The Hall–Kier alpha value is -4.73. The molecule has 3 aromatic rings. The van der Waals surface area contributed by atoms with Gasteiger partial charge in [0.15, 0.2) is 11.5 Å². The maximum Gasteiger partial charge on any atom is 0.224 e. The van der Waals surface area contributed by atoms with Crippen LogP contribution < -0.4 is 40.3 Å². The van der Waals surface area contributed by atoms with E-state index in [-0.39, 0.29) is 29.7 Å². The third-order valence-corrected chi connectivity index (χ3v) is 7.17. The van der Waals surface area contributed by atoms with E-state index in [4.69, 9.17) is 18.9 Å². The zero-order chi connectivity index (χ0) is 30.2. The first-order valence-electron chi connectivity index (χ1n) is 13.7. The fourth-order valence-electron chi connectivity index (χ4n) is 5.25. The van der Waals surface area contributed by atoms with Crippen molar-refractivity contribution in [3.63, 3.8) is 0 Å². The van der Waals surface area contributed by atoms with Crippen molar-refractivity contribution in [1.82, 2.24) is 5.32 Å². The summed E-state index contributed by atoms with van der Waals surface area (Å²) in [5.41, 5.74) is 3.99. The predicted octanol–water partition coefficient (Wildman–Crippen LogP) is 4.70. The van der Waals surface area contributed by atoms with E-state index in [1.807, 2.05) is 12.1 Å². The molecule has 1 aliphatic carbocycles. The monoisotopic (exact) mass is 575 g/mol. The number of aryl methyl sites for hydroxylation is 1. The van der Waals surface area contributed by atoms with Gasteiger partial charge >= 0.3 is 0 Å². The van der Waals surface area contributed by atoms with E-state index in [1.54, 1.807) is 64.8 Å². The van der Waals surface area contributed by atoms with Crippen molar-refractivity contribution in [2.45, 2.75) is 38.6 Å². The molecule has 1 atom stereocenters. The molecule has 0 aromatic heterocycles. The minimum absolute atomic E-state index is 0.135. The minimum atomic E-state index is -0.389. The van der Waals surface area contributed by atoms with E-state index >= 15 is 0 Å². The molecule has 1 unspecified atom stereocenters. The summed E-state index contributed by atoms with van der Waals surface area (Å²) in [6.45, 7) is 1.87. The van der Waals surface area contributed by atoms with Crippen LogP contribution in [0.2, 0.25) is 0 Å². The lowest BCUT2D eigenvalue weighted by molar-refractivity contribution is -0.119. The molecule has 3 aromatic carbocycles. The van der Waals surface area contributed by atoms with E-state index < -0.39 is 0 Å². The number of methoxy groups -OCH3 is 4. The van der Waals surface area contributed by atoms with Crippen molar-refractivity contribution >= 4 is 23.2 Å². The maximum absolute atomic E-state index is 13.4. The summed E-state index contributed by atoms with van der Waals surface area (Å²) in [7, 11) is 6.25. The van der Waals surface area contributed by atoms with Crippen molar-refractivity contribution in [1.29, 1.82) is 0 Å². The van der Waals surface area contributed by atoms with Crippen molar-refractivity contribution < 1.29 is 28.5 Å². The number of anilines is 2. The zero-order valence-electron chi connectivity index (χ0n) is 24.6. The van der Waals surface area contributed by atoms with E-state index in [2.05, 4.69) is 16.0 Å². The van der Waals surface area contributed by atoms with Crippen LogP contribution in [0.5, 0.6) is 23.0 Å². The molecule has 0 saturated carbocycles.